The fourth-order valence-corrected chi connectivity index (χ4v) is 4.03. The zero-order valence-corrected chi connectivity index (χ0v) is 17.5. The van der Waals surface area contributed by atoms with Crippen molar-refractivity contribution < 1.29 is 14.3 Å². The topological polar surface area (TPSA) is 58.3 Å². The van der Waals surface area contributed by atoms with Crippen molar-refractivity contribution in [2.75, 3.05) is 26.6 Å². The van der Waals surface area contributed by atoms with Crippen LogP contribution in [-0.4, -0.2) is 46.5 Å². The van der Waals surface area contributed by atoms with Crippen molar-refractivity contribution in [2.45, 2.75) is 25.5 Å². The number of methoxy groups -OCH3 is 2. The summed E-state index contributed by atoms with van der Waals surface area (Å²) in [5, 5.41) is 0.773. The van der Waals surface area contributed by atoms with E-state index in [0.29, 0.717) is 12.4 Å². The van der Waals surface area contributed by atoms with Gasteiger partial charge in [-0.25, -0.2) is 4.98 Å². The molecule has 6 nitrogen and oxygen atoms in total. The van der Waals surface area contributed by atoms with Gasteiger partial charge in [0.15, 0.2) is 10.9 Å². The summed E-state index contributed by atoms with van der Waals surface area (Å²) in [5.74, 6) is 1.21. The predicted molar refractivity (Wildman–Crippen MR) is 111 cm³/mol. The molecular formula is C21H25N3O3S. The first-order chi connectivity index (χ1) is 13.5. The number of benzene rings is 1. The molecule has 7 heteroatoms. The highest BCUT2D eigenvalue weighted by Crippen LogP contribution is 2.25. The van der Waals surface area contributed by atoms with Gasteiger partial charge in [0.2, 0.25) is 0 Å². The van der Waals surface area contributed by atoms with E-state index in [2.05, 4.69) is 9.55 Å². The molecule has 0 unspecified atom stereocenters. The molecule has 0 saturated heterocycles. The average Bonchev–Trinajstić information content (AvgIpc) is 3.29. The van der Waals surface area contributed by atoms with Gasteiger partial charge in [0, 0.05) is 49.1 Å². The first-order valence-electron chi connectivity index (χ1n) is 9.04. The Bertz CT molecular complexity index is 962. The molecule has 3 rings (SSSR count). The summed E-state index contributed by atoms with van der Waals surface area (Å²) in [5.41, 5.74) is 3.77. The number of thioether (sulfide) groups is 1. The highest BCUT2D eigenvalue weighted by atomic mass is 32.2. The molecule has 2 heterocycles. The highest BCUT2D eigenvalue weighted by molar-refractivity contribution is 7.99. The van der Waals surface area contributed by atoms with Gasteiger partial charge in [-0.2, -0.15) is 0 Å². The standard InChI is InChI=1S/C21H25N3O3S/c1-15-12-19(16(2)23(15)10-11-26-3)20(25)14-28-21-22-8-9-24(21)17-6-5-7-18(13-17)27-4/h5-9,12-13H,10-11,14H2,1-4H3. The molecule has 148 valence electrons. The zero-order valence-electron chi connectivity index (χ0n) is 16.6. The van der Waals surface area contributed by atoms with E-state index >= 15 is 0 Å². The average molecular weight is 400 g/mol. The number of hydrogen-bond donors (Lipinski definition) is 0. The van der Waals surface area contributed by atoms with Crippen LogP contribution < -0.4 is 4.74 Å². The van der Waals surface area contributed by atoms with Crippen molar-refractivity contribution in [2.24, 2.45) is 0 Å². The molecule has 0 bridgehead atoms. The van der Waals surface area contributed by atoms with Gasteiger partial charge < -0.3 is 14.0 Å². The van der Waals surface area contributed by atoms with E-state index in [-0.39, 0.29) is 5.78 Å². The minimum Gasteiger partial charge on any atom is -0.497 e. The van der Waals surface area contributed by atoms with E-state index in [0.717, 1.165) is 40.1 Å². The number of hydrogen-bond acceptors (Lipinski definition) is 5. The molecule has 0 spiro atoms. The van der Waals surface area contributed by atoms with Crippen molar-refractivity contribution in [3.63, 3.8) is 0 Å². The first kappa shape index (κ1) is 20.2. The van der Waals surface area contributed by atoms with Gasteiger partial charge in [0.1, 0.15) is 5.75 Å². The van der Waals surface area contributed by atoms with Crippen LogP contribution in [0.1, 0.15) is 21.7 Å². The van der Waals surface area contributed by atoms with Crippen LogP contribution in [0.5, 0.6) is 5.75 Å². The third kappa shape index (κ3) is 4.31. The third-order valence-electron chi connectivity index (χ3n) is 4.66. The van der Waals surface area contributed by atoms with Gasteiger partial charge in [-0.3, -0.25) is 9.36 Å². The number of Topliss-reactive ketones (excluding diaryl/α,β-unsaturated/α-hetero) is 1. The van der Waals surface area contributed by atoms with Crippen molar-refractivity contribution in [3.8, 4) is 11.4 Å². The molecule has 0 radical (unpaired) electrons. The molecule has 0 saturated carbocycles. The number of aryl methyl sites for hydroxylation is 1. The predicted octanol–water partition coefficient (Wildman–Crippen LogP) is 3.92. The molecular weight excluding hydrogens is 374 g/mol. The molecule has 0 aliphatic heterocycles. The van der Waals surface area contributed by atoms with E-state index in [9.17, 15) is 4.79 Å². The highest BCUT2D eigenvalue weighted by Gasteiger charge is 2.17. The van der Waals surface area contributed by atoms with Crippen molar-refractivity contribution in [1.82, 2.24) is 14.1 Å². The van der Waals surface area contributed by atoms with Gasteiger partial charge in [0.05, 0.1) is 25.2 Å². The van der Waals surface area contributed by atoms with E-state index in [1.54, 1.807) is 20.4 Å². The van der Waals surface area contributed by atoms with Crippen LogP contribution in [0, 0.1) is 13.8 Å². The van der Waals surface area contributed by atoms with Crippen LogP contribution >= 0.6 is 11.8 Å². The number of aromatic nitrogens is 3. The minimum atomic E-state index is 0.0990. The lowest BCUT2D eigenvalue weighted by molar-refractivity contribution is 0.102. The molecule has 2 aromatic heterocycles. The lowest BCUT2D eigenvalue weighted by Gasteiger charge is -2.10. The Morgan fingerprint density at radius 2 is 2.04 bits per heavy atom. The summed E-state index contributed by atoms with van der Waals surface area (Å²) < 4.78 is 14.5. The quantitative estimate of drug-likeness (QED) is 0.403. The fourth-order valence-electron chi connectivity index (χ4n) is 3.17. The molecule has 1 aromatic carbocycles. The summed E-state index contributed by atoms with van der Waals surface area (Å²) >= 11 is 1.43. The summed E-state index contributed by atoms with van der Waals surface area (Å²) in [4.78, 5) is 17.2. The number of nitrogens with zero attached hydrogens (tertiary/aromatic N) is 3. The van der Waals surface area contributed by atoms with Crippen LogP contribution in [0.2, 0.25) is 0 Å². The maximum atomic E-state index is 12.8. The summed E-state index contributed by atoms with van der Waals surface area (Å²) in [6.45, 7) is 5.37. The Kier molecular flexibility index (Phi) is 6.59. The zero-order chi connectivity index (χ0) is 20.1. The van der Waals surface area contributed by atoms with E-state index in [1.165, 1.54) is 11.8 Å². The number of imidazole rings is 1. The molecule has 0 aliphatic rings. The Morgan fingerprint density at radius 3 is 2.79 bits per heavy atom. The molecule has 0 atom stereocenters. The molecule has 0 fully saturated rings. The van der Waals surface area contributed by atoms with Crippen LogP contribution in [0.3, 0.4) is 0 Å². The number of carbonyl (C=O) groups is 1. The number of ether oxygens (including phenoxy) is 2. The summed E-state index contributed by atoms with van der Waals surface area (Å²) in [6.07, 6.45) is 3.63. The Labute approximate surface area is 169 Å². The maximum Gasteiger partial charge on any atom is 0.175 e. The summed E-state index contributed by atoms with van der Waals surface area (Å²) in [7, 11) is 3.33. The van der Waals surface area contributed by atoms with Crippen molar-refractivity contribution in [3.05, 3.63) is 59.7 Å². The molecule has 3 aromatic rings. The number of ketones is 1. The maximum absolute atomic E-state index is 12.8. The normalized spacial score (nSPS) is 11.0. The van der Waals surface area contributed by atoms with Crippen LogP contribution in [0.25, 0.3) is 5.69 Å². The van der Waals surface area contributed by atoms with Crippen molar-refractivity contribution >= 4 is 17.5 Å². The monoisotopic (exact) mass is 399 g/mol. The van der Waals surface area contributed by atoms with E-state index in [1.807, 2.05) is 54.9 Å². The van der Waals surface area contributed by atoms with Crippen LogP contribution in [0.15, 0.2) is 47.9 Å². The van der Waals surface area contributed by atoms with Gasteiger partial charge in [-0.05, 0) is 32.0 Å². The number of rotatable bonds is 9. The second-order valence-electron chi connectivity index (χ2n) is 6.42. The van der Waals surface area contributed by atoms with Crippen LogP contribution in [-0.2, 0) is 11.3 Å². The van der Waals surface area contributed by atoms with Gasteiger partial charge >= 0.3 is 0 Å². The third-order valence-corrected chi connectivity index (χ3v) is 5.63. The second kappa shape index (κ2) is 9.12. The van der Waals surface area contributed by atoms with Gasteiger partial charge in [0.25, 0.3) is 0 Å². The smallest absolute Gasteiger partial charge is 0.175 e. The summed E-state index contributed by atoms with van der Waals surface area (Å²) in [6, 6.07) is 9.72. The van der Waals surface area contributed by atoms with Gasteiger partial charge in [-0.1, -0.05) is 17.8 Å². The largest absolute Gasteiger partial charge is 0.497 e. The lowest BCUT2D eigenvalue weighted by Crippen LogP contribution is -2.10. The second-order valence-corrected chi connectivity index (χ2v) is 7.36. The first-order valence-corrected chi connectivity index (χ1v) is 10.0. The van der Waals surface area contributed by atoms with E-state index in [4.69, 9.17) is 9.47 Å². The molecule has 0 amide bonds. The Morgan fingerprint density at radius 1 is 1.21 bits per heavy atom. The van der Waals surface area contributed by atoms with E-state index < -0.39 is 0 Å². The Balaban J connectivity index is 1.73. The van der Waals surface area contributed by atoms with Crippen LogP contribution in [0.4, 0.5) is 0 Å². The fraction of sp³-hybridized carbons (Fsp3) is 0.333. The van der Waals surface area contributed by atoms with Crippen molar-refractivity contribution in [1.29, 1.82) is 0 Å². The molecule has 0 N–H and O–H groups in total. The molecule has 0 aliphatic carbocycles. The lowest BCUT2D eigenvalue weighted by atomic mass is 10.2. The Hall–Kier alpha value is -2.51. The number of carbonyl (C=O) groups excluding carboxylic acids is 1. The van der Waals surface area contributed by atoms with Gasteiger partial charge in [-0.15, -0.1) is 0 Å². The SMILES string of the molecule is COCCn1c(C)cc(C(=O)CSc2nccn2-c2cccc(OC)c2)c1C. The molecule has 28 heavy (non-hydrogen) atoms. The minimum absolute atomic E-state index is 0.0990.